The molecule has 0 unspecified atom stereocenters. The van der Waals surface area contributed by atoms with Crippen molar-refractivity contribution in [2.24, 2.45) is 5.73 Å². The molecule has 2 rings (SSSR count). The molecular formula is C11H12IN3S. The maximum Gasteiger partial charge on any atom is 0.148 e. The molecule has 0 aliphatic rings. The average molecular weight is 345 g/mol. The SMILES string of the molecule is NCCCc1nnc(-c2ccccc2I)s1. The number of halogens is 1. The first-order valence-corrected chi connectivity index (χ1v) is 6.98. The number of nitrogens with zero attached hydrogens (tertiary/aromatic N) is 2. The van der Waals surface area contributed by atoms with Crippen molar-refractivity contribution in [1.82, 2.24) is 10.2 Å². The minimum Gasteiger partial charge on any atom is -0.330 e. The van der Waals surface area contributed by atoms with Gasteiger partial charge in [-0.25, -0.2) is 0 Å². The van der Waals surface area contributed by atoms with Crippen LogP contribution in [0.25, 0.3) is 10.6 Å². The van der Waals surface area contributed by atoms with E-state index in [1.165, 1.54) is 9.13 Å². The number of benzene rings is 1. The molecule has 2 N–H and O–H groups in total. The zero-order chi connectivity index (χ0) is 11.4. The van der Waals surface area contributed by atoms with E-state index in [9.17, 15) is 0 Å². The lowest BCUT2D eigenvalue weighted by molar-refractivity contribution is 0.812. The Hall–Kier alpha value is -0.530. The third kappa shape index (κ3) is 2.78. The lowest BCUT2D eigenvalue weighted by atomic mass is 10.2. The fourth-order valence-corrected chi connectivity index (χ4v) is 3.10. The fraction of sp³-hybridized carbons (Fsp3) is 0.273. The van der Waals surface area contributed by atoms with Crippen molar-refractivity contribution in [3.8, 4) is 10.6 Å². The minimum absolute atomic E-state index is 0.706. The molecule has 0 radical (unpaired) electrons. The van der Waals surface area contributed by atoms with E-state index in [2.05, 4.69) is 44.9 Å². The molecule has 0 spiro atoms. The summed E-state index contributed by atoms with van der Waals surface area (Å²) in [5, 5.41) is 10.5. The van der Waals surface area contributed by atoms with E-state index in [-0.39, 0.29) is 0 Å². The van der Waals surface area contributed by atoms with Gasteiger partial charge in [0.15, 0.2) is 0 Å². The van der Waals surface area contributed by atoms with E-state index in [0.29, 0.717) is 6.54 Å². The number of aromatic nitrogens is 2. The molecule has 3 nitrogen and oxygen atoms in total. The molecule has 0 atom stereocenters. The van der Waals surface area contributed by atoms with Gasteiger partial charge in [0.1, 0.15) is 10.0 Å². The molecule has 5 heteroatoms. The Morgan fingerprint density at radius 1 is 1.25 bits per heavy atom. The van der Waals surface area contributed by atoms with Crippen molar-refractivity contribution in [3.05, 3.63) is 32.8 Å². The second kappa shape index (κ2) is 5.70. The number of rotatable bonds is 4. The van der Waals surface area contributed by atoms with Crippen LogP contribution < -0.4 is 5.73 Å². The highest BCUT2D eigenvalue weighted by atomic mass is 127. The van der Waals surface area contributed by atoms with E-state index in [0.717, 1.165) is 22.9 Å². The van der Waals surface area contributed by atoms with E-state index in [1.54, 1.807) is 11.3 Å². The predicted octanol–water partition coefficient (Wildman–Crippen LogP) is 2.70. The second-order valence-electron chi connectivity index (χ2n) is 3.37. The van der Waals surface area contributed by atoms with E-state index < -0.39 is 0 Å². The Balaban J connectivity index is 2.22. The maximum atomic E-state index is 5.47. The Bertz CT molecular complexity index is 470. The molecule has 2 aromatic rings. The third-order valence-electron chi connectivity index (χ3n) is 2.17. The molecule has 84 valence electrons. The number of nitrogens with two attached hydrogens (primary N) is 1. The highest BCUT2D eigenvalue weighted by molar-refractivity contribution is 14.1. The topological polar surface area (TPSA) is 51.8 Å². The van der Waals surface area contributed by atoms with Gasteiger partial charge in [0.05, 0.1) is 0 Å². The summed E-state index contributed by atoms with van der Waals surface area (Å²) in [7, 11) is 0. The molecule has 0 aliphatic heterocycles. The van der Waals surface area contributed by atoms with E-state index in [1.807, 2.05) is 12.1 Å². The Morgan fingerprint density at radius 2 is 2.06 bits per heavy atom. The van der Waals surface area contributed by atoms with Crippen molar-refractivity contribution >= 4 is 33.9 Å². The van der Waals surface area contributed by atoms with Gasteiger partial charge < -0.3 is 5.73 Å². The van der Waals surface area contributed by atoms with E-state index >= 15 is 0 Å². The molecule has 0 fully saturated rings. The van der Waals surface area contributed by atoms with Gasteiger partial charge in [-0.1, -0.05) is 29.5 Å². The van der Waals surface area contributed by atoms with Crippen molar-refractivity contribution < 1.29 is 0 Å². The molecule has 1 heterocycles. The molecular weight excluding hydrogens is 333 g/mol. The molecule has 0 aliphatic carbocycles. The number of aryl methyl sites for hydroxylation is 1. The summed E-state index contributed by atoms with van der Waals surface area (Å²) in [5.41, 5.74) is 6.64. The summed E-state index contributed by atoms with van der Waals surface area (Å²) in [4.78, 5) is 0. The van der Waals surface area contributed by atoms with Crippen LogP contribution in [0, 0.1) is 3.57 Å². The minimum atomic E-state index is 0.706. The zero-order valence-electron chi connectivity index (χ0n) is 8.69. The van der Waals surface area contributed by atoms with Crippen molar-refractivity contribution in [2.75, 3.05) is 6.54 Å². The lowest BCUT2D eigenvalue weighted by Crippen LogP contribution is -1.99. The van der Waals surface area contributed by atoms with Crippen LogP contribution in [-0.2, 0) is 6.42 Å². The normalized spacial score (nSPS) is 10.6. The van der Waals surface area contributed by atoms with Gasteiger partial charge in [-0.05, 0) is 41.6 Å². The monoisotopic (exact) mass is 345 g/mol. The van der Waals surface area contributed by atoms with Gasteiger partial charge in [-0.2, -0.15) is 0 Å². The first-order valence-electron chi connectivity index (χ1n) is 5.08. The van der Waals surface area contributed by atoms with Gasteiger partial charge in [0.2, 0.25) is 0 Å². The van der Waals surface area contributed by atoms with Crippen LogP contribution in [0.3, 0.4) is 0 Å². The van der Waals surface area contributed by atoms with Crippen LogP contribution >= 0.6 is 33.9 Å². The molecule has 16 heavy (non-hydrogen) atoms. The highest BCUT2D eigenvalue weighted by Gasteiger charge is 2.08. The largest absolute Gasteiger partial charge is 0.330 e. The average Bonchev–Trinajstić information content (AvgIpc) is 2.75. The maximum absolute atomic E-state index is 5.47. The molecule has 0 saturated heterocycles. The zero-order valence-corrected chi connectivity index (χ0v) is 11.7. The summed E-state index contributed by atoms with van der Waals surface area (Å²) in [5.74, 6) is 0. The Kier molecular flexibility index (Phi) is 4.25. The van der Waals surface area contributed by atoms with Crippen LogP contribution in [0.2, 0.25) is 0 Å². The van der Waals surface area contributed by atoms with Crippen LogP contribution in [0.15, 0.2) is 24.3 Å². The molecule has 1 aromatic heterocycles. The van der Waals surface area contributed by atoms with Crippen LogP contribution in [-0.4, -0.2) is 16.7 Å². The van der Waals surface area contributed by atoms with Crippen molar-refractivity contribution in [2.45, 2.75) is 12.8 Å². The summed E-state index contributed by atoms with van der Waals surface area (Å²) in [6.07, 6.45) is 1.90. The van der Waals surface area contributed by atoms with Gasteiger partial charge in [-0.3, -0.25) is 0 Å². The van der Waals surface area contributed by atoms with Crippen LogP contribution in [0.4, 0.5) is 0 Å². The van der Waals surface area contributed by atoms with Crippen LogP contribution in [0.5, 0.6) is 0 Å². The summed E-state index contributed by atoms with van der Waals surface area (Å²) in [6, 6.07) is 8.21. The summed E-state index contributed by atoms with van der Waals surface area (Å²) in [6.45, 7) is 0.706. The Morgan fingerprint density at radius 3 is 2.81 bits per heavy atom. The first-order chi connectivity index (χ1) is 7.81. The van der Waals surface area contributed by atoms with Crippen molar-refractivity contribution in [1.29, 1.82) is 0 Å². The lowest BCUT2D eigenvalue weighted by Gasteiger charge is -1.97. The number of hydrogen-bond donors (Lipinski definition) is 1. The van der Waals surface area contributed by atoms with Gasteiger partial charge >= 0.3 is 0 Å². The molecule has 0 bridgehead atoms. The number of hydrogen-bond acceptors (Lipinski definition) is 4. The molecule has 1 aromatic carbocycles. The molecule has 0 amide bonds. The van der Waals surface area contributed by atoms with Gasteiger partial charge in [0, 0.05) is 15.6 Å². The first kappa shape index (κ1) is 11.9. The summed E-state index contributed by atoms with van der Waals surface area (Å²) >= 11 is 3.98. The standard InChI is InChI=1S/C11H12IN3S/c12-9-5-2-1-4-8(9)11-15-14-10(16-11)6-3-7-13/h1-2,4-5H,3,6-7,13H2. The fourth-order valence-electron chi connectivity index (χ4n) is 1.35. The van der Waals surface area contributed by atoms with Gasteiger partial charge in [-0.15, -0.1) is 10.2 Å². The van der Waals surface area contributed by atoms with E-state index in [4.69, 9.17) is 5.73 Å². The van der Waals surface area contributed by atoms with Crippen molar-refractivity contribution in [3.63, 3.8) is 0 Å². The van der Waals surface area contributed by atoms with Crippen LogP contribution in [0.1, 0.15) is 11.4 Å². The Labute approximate surface area is 112 Å². The van der Waals surface area contributed by atoms with Gasteiger partial charge in [0.25, 0.3) is 0 Å². The second-order valence-corrected chi connectivity index (χ2v) is 5.60. The quantitative estimate of drug-likeness (QED) is 0.867. The predicted molar refractivity (Wildman–Crippen MR) is 75.4 cm³/mol. The molecule has 0 saturated carbocycles. The smallest absolute Gasteiger partial charge is 0.148 e. The summed E-state index contributed by atoms with van der Waals surface area (Å²) < 4.78 is 1.21. The highest BCUT2D eigenvalue weighted by Crippen LogP contribution is 2.27. The third-order valence-corrected chi connectivity index (χ3v) is 4.12.